The highest BCUT2D eigenvalue weighted by Gasteiger charge is 2.23. The molecule has 3 aromatic heterocycles. The van der Waals surface area contributed by atoms with Crippen molar-refractivity contribution in [1.29, 1.82) is 0 Å². The first-order valence-corrected chi connectivity index (χ1v) is 10.3. The molecule has 0 saturated carbocycles. The number of nitrogens with zero attached hydrogens (tertiary/aromatic N) is 5. The monoisotopic (exact) mass is 415 g/mol. The molecule has 0 unspecified atom stereocenters. The minimum Gasteiger partial charge on any atom is -0.414 e. The lowest BCUT2D eigenvalue weighted by atomic mass is 10.2. The molecule has 0 aliphatic carbocycles. The van der Waals surface area contributed by atoms with Gasteiger partial charge in [-0.15, -0.1) is 10.2 Å². The van der Waals surface area contributed by atoms with Crippen molar-refractivity contribution >= 4 is 23.5 Å². The molecule has 0 aromatic carbocycles. The van der Waals surface area contributed by atoms with Gasteiger partial charge in [0.25, 0.3) is 5.22 Å². The van der Waals surface area contributed by atoms with E-state index in [1.165, 1.54) is 11.8 Å². The number of Topliss-reactive ketones (excluding diaryl/α,β-unsaturated/α-hetero) is 1. The van der Waals surface area contributed by atoms with Crippen molar-refractivity contribution < 1.29 is 18.5 Å². The van der Waals surface area contributed by atoms with Gasteiger partial charge in [-0.25, -0.2) is 0 Å². The summed E-state index contributed by atoms with van der Waals surface area (Å²) in [5.41, 5.74) is 2.33. The Morgan fingerprint density at radius 2 is 2.07 bits per heavy atom. The second-order valence-electron chi connectivity index (χ2n) is 7.01. The van der Waals surface area contributed by atoms with Crippen LogP contribution >= 0.6 is 11.8 Å². The summed E-state index contributed by atoms with van der Waals surface area (Å²) in [5.74, 6) is 1.98. The third-order valence-electron chi connectivity index (χ3n) is 4.85. The van der Waals surface area contributed by atoms with E-state index in [2.05, 4.69) is 15.4 Å². The molecular weight excluding hydrogens is 394 g/mol. The molecule has 0 N–H and O–H groups in total. The second-order valence-corrected chi connectivity index (χ2v) is 7.93. The predicted molar refractivity (Wildman–Crippen MR) is 104 cm³/mol. The van der Waals surface area contributed by atoms with Crippen molar-refractivity contribution in [3.05, 3.63) is 40.7 Å². The summed E-state index contributed by atoms with van der Waals surface area (Å²) >= 11 is 1.19. The lowest BCUT2D eigenvalue weighted by Gasteiger charge is -2.11. The van der Waals surface area contributed by atoms with Gasteiger partial charge in [-0.05, 0) is 33.3 Å². The Morgan fingerprint density at radius 1 is 1.24 bits per heavy atom. The van der Waals surface area contributed by atoms with E-state index in [9.17, 15) is 9.59 Å². The predicted octanol–water partition coefficient (Wildman–Crippen LogP) is 2.87. The van der Waals surface area contributed by atoms with E-state index >= 15 is 0 Å². The van der Waals surface area contributed by atoms with Crippen molar-refractivity contribution in [3.8, 4) is 5.82 Å². The lowest BCUT2D eigenvalue weighted by molar-refractivity contribution is -0.128. The van der Waals surface area contributed by atoms with Gasteiger partial charge < -0.3 is 13.8 Å². The highest BCUT2D eigenvalue weighted by molar-refractivity contribution is 7.99. The van der Waals surface area contributed by atoms with Crippen LogP contribution in [0.2, 0.25) is 0 Å². The fourth-order valence-electron chi connectivity index (χ4n) is 3.46. The van der Waals surface area contributed by atoms with Gasteiger partial charge in [0, 0.05) is 36.0 Å². The van der Waals surface area contributed by atoms with E-state index in [1.54, 1.807) is 4.90 Å². The van der Waals surface area contributed by atoms with Gasteiger partial charge in [0.15, 0.2) is 11.6 Å². The number of carbonyl (C=O) groups excluding carboxylic acids is 2. The number of ketones is 1. The maximum absolute atomic E-state index is 12.7. The molecule has 3 aromatic rings. The molecule has 29 heavy (non-hydrogen) atoms. The van der Waals surface area contributed by atoms with Gasteiger partial charge in [-0.3, -0.25) is 14.2 Å². The number of carbonyl (C=O) groups is 2. The minimum atomic E-state index is -0.0379. The number of thioether (sulfide) groups is 1. The first-order chi connectivity index (χ1) is 13.9. The third-order valence-corrected chi connectivity index (χ3v) is 5.67. The Hall–Kier alpha value is -2.88. The molecule has 1 aliphatic rings. The first-order valence-electron chi connectivity index (χ1n) is 9.31. The number of hydrogen-bond acceptors (Lipinski definition) is 8. The van der Waals surface area contributed by atoms with Crippen molar-refractivity contribution in [3.63, 3.8) is 0 Å². The smallest absolute Gasteiger partial charge is 0.277 e. The van der Waals surface area contributed by atoms with Crippen LogP contribution in [-0.2, 0) is 11.3 Å². The van der Waals surface area contributed by atoms with Gasteiger partial charge in [0.1, 0.15) is 5.76 Å². The zero-order valence-electron chi connectivity index (χ0n) is 16.5. The molecule has 9 nitrogen and oxygen atoms in total. The molecule has 1 amide bonds. The number of likely N-dealkylation sites (tertiary alicyclic amines) is 1. The maximum Gasteiger partial charge on any atom is 0.277 e. The Morgan fingerprint density at radius 3 is 2.76 bits per heavy atom. The molecule has 10 heteroatoms. The SMILES string of the molecule is Cc1cc(-n2c(C)cc(C(=O)CSc3nnc(CN4CCCC4=O)o3)c2C)no1. The van der Waals surface area contributed by atoms with Gasteiger partial charge >= 0.3 is 0 Å². The van der Waals surface area contributed by atoms with Crippen LogP contribution in [0.5, 0.6) is 0 Å². The van der Waals surface area contributed by atoms with Crippen LogP contribution in [0.3, 0.4) is 0 Å². The Labute approximate surface area is 171 Å². The van der Waals surface area contributed by atoms with Crippen LogP contribution < -0.4 is 0 Å². The van der Waals surface area contributed by atoms with Gasteiger partial charge in [-0.2, -0.15) is 0 Å². The Balaban J connectivity index is 1.41. The molecular formula is C19H21N5O4S. The summed E-state index contributed by atoms with van der Waals surface area (Å²) in [7, 11) is 0. The molecule has 4 heterocycles. The summed E-state index contributed by atoms with van der Waals surface area (Å²) < 4.78 is 12.6. The Bertz CT molecular complexity index is 1070. The van der Waals surface area contributed by atoms with Crippen molar-refractivity contribution in [1.82, 2.24) is 24.8 Å². The number of rotatable bonds is 7. The minimum absolute atomic E-state index is 0.0379. The van der Waals surface area contributed by atoms with E-state index in [1.807, 2.05) is 37.5 Å². The van der Waals surface area contributed by atoms with Crippen LogP contribution in [0, 0.1) is 20.8 Å². The molecule has 0 spiro atoms. The molecule has 1 aliphatic heterocycles. The van der Waals surface area contributed by atoms with Gasteiger partial charge in [0.2, 0.25) is 11.8 Å². The summed E-state index contributed by atoms with van der Waals surface area (Å²) in [6.07, 6.45) is 1.42. The van der Waals surface area contributed by atoms with Gasteiger partial charge in [0.05, 0.1) is 12.3 Å². The number of amides is 1. The Kier molecular flexibility index (Phi) is 5.27. The second kappa shape index (κ2) is 7.86. The van der Waals surface area contributed by atoms with E-state index < -0.39 is 0 Å². The topological polar surface area (TPSA) is 107 Å². The number of hydrogen-bond donors (Lipinski definition) is 0. The summed E-state index contributed by atoms with van der Waals surface area (Å²) in [5, 5.41) is 12.3. The third kappa shape index (κ3) is 3.98. The van der Waals surface area contributed by atoms with Crippen LogP contribution in [0.25, 0.3) is 5.82 Å². The largest absolute Gasteiger partial charge is 0.414 e. The number of aromatic nitrogens is 4. The zero-order chi connectivity index (χ0) is 20.5. The van der Waals surface area contributed by atoms with Crippen molar-refractivity contribution in [2.45, 2.75) is 45.4 Å². The number of aryl methyl sites for hydroxylation is 2. The highest BCUT2D eigenvalue weighted by atomic mass is 32.2. The average molecular weight is 415 g/mol. The fourth-order valence-corrected chi connectivity index (χ4v) is 4.12. The van der Waals surface area contributed by atoms with Crippen LogP contribution in [0.4, 0.5) is 0 Å². The molecule has 4 rings (SSSR count). The summed E-state index contributed by atoms with van der Waals surface area (Å²) in [6, 6.07) is 3.68. The quantitative estimate of drug-likeness (QED) is 0.428. The van der Waals surface area contributed by atoms with Crippen LogP contribution in [0.15, 0.2) is 26.3 Å². The maximum atomic E-state index is 12.7. The summed E-state index contributed by atoms with van der Waals surface area (Å²) in [6.45, 7) is 6.66. The molecule has 1 saturated heterocycles. The molecule has 0 radical (unpaired) electrons. The van der Waals surface area contributed by atoms with Crippen LogP contribution in [-0.4, -0.2) is 48.8 Å². The molecule has 1 fully saturated rings. The zero-order valence-corrected chi connectivity index (χ0v) is 17.3. The van der Waals surface area contributed by atoms with E-state index in [-0.39, 0.29) is 17.4 Å². The van der Waals surface area contributed by atoms with Crippen LogP contribution in [0.1, 0.15) is 46.2 Å². The molecule has 0 bridgehead atoms. The lowest BCUT2D eigenvalue weighted by Crippen LogP contribution is -2.23. The molecule has 152 valence electrons. The normalized spacial score (nSPS) is 14.2. The standard InChI is InChI=1S/C19H21N5O4S/c1-11-7-14(13(3)24(11)16-8-12(2)28-22-16)15(25)10-29-19-21-20-17(27-19)9-23-6-4-5-18(23)26/h7-8H,4-6,9-10H2,1-3H3. The molecule has 0 atom stereocenters. The average Bonchev–Trinajstić information content (AvgIpc) is 3.45. The summed E-state index contributed by atoms with van der Waals surface area (Å²) in [4.78, 5) is 26.1. The van der Waals surface area contributed by atoms with E-state index in [0.29, 0.717) is 47.8 Å². The van der Waals surface area contributed by atoms with Crippen molar-refractivity contribution in [2.24, 2.45) is 0 Å². The van der Waals surface area contributed by atoms with Gasteiger partial charge in [-0.1, -0.05) is 16.9 Å². The highest BCUT2D eigenvalue weighted by Crippen LogP contribution is 2.24. The fraction of sp³-hybridized carbons (Fsp3) is 0.421. The van der Waals surface area contributed by atoms with Crippen molar-refractivity contribution in [2.75, 3.05) is 12.3 Å². The van der Waals surface area contributed by atoms with E-state index in [4.69, 9.17) is 8.94 Å². The van der Waals surface area contributed by atoms with E-state index in [0.717, 1.165) is 17.8 Å². The first kappa shape index (κ1) is 19.4.